The summed E-state index contributed by atoms with van der Waals surface area (Å²) in [5.41, 5.74) is 1.67. The highest BCUT2D eigenvalue weighted by Gasteiger charge is 2.13. The van der Waals surface area contributed by atoms with E-state index in [1.54, 1.807) is 6.07 Å². The van der Waals surface area contributed by atoms with E-state index in [9.17, 15) is 9.18 Å². The molecule has 0 heterocycles. The molecule has 0 fully saturated rings. The summed E-state index contributed by atoms with van der Waals surface area (Å²) in [5, 5.41) is 0. The first-order chi connectivity index (χ1) is 7.19. The Morgan fingerprint density at radius 3 is 2.73 bits per heavy atom. The lowest BCUT2D eigenvalue weighted by atomic mass is 10.1. The van der Waals surface area contributed by atoms with Crippen molar-refractivity contribution < 1.29 is 9.18 Å². The van der Waals surface area contributed by atoms with E-state index >= 15 is 0 Å². The van der Waals surface area contributed by atoms with Crippen LogP contribution in [0.1, 0.15) is 22.8 Å². The summed E-state index contributed by atoms with van der Waals surface area (Å²) in [5.74, 6) is -0.0983. The Balaban J connectivity index is 2.82. The standard InChI is InChI=1S/C12H16FNO/c1-3-14(8-7-13)12(15)11-6-4-5-10(2)9-11/h4-6,9H,3,7-8H2,1-2H3. The number of amides is 1. The molecule has 1 aromatic carbocycles. The van der Waals surface area contributed by atoms with Crippen molar-refractivity contribution in [3.63, 3.8) is 0 Å². The molecule has 0 aromatic heterocycles. The molecule has 2 nitrogen and oxygen atoms in total. The minimum absolute atomic E-state index is 0.0983. The molecule has 0 saturated carbocycles. The minimum atomic E-state index is -0.495. The van der Waals surface area contributed by atoms with Gasteiger partial charge in [-0.15, -0.1) is 0 Å². The maximum atomic E-state index is 12.2. The number of benzene rings is 1. The molecule has 3 heteroatoms. The lowest BCUT2D eigenvalue weighted by molar-refractivity contribution is 0.0754. The number of carbonyl (C=O) groups is 1. The third-order valence-electron chi connectivity index (χ3n) is 2.29. The van der Waals surface area contributed by atoms with Crippen LogP contribution in [0, 0.1) is 6.92 Å². The van der Waals surface area contributed by atoms with Gasteiger partial charge in [0.2, 0.25) is 0 Å². The van der Waals surface area contributed by atoms with Crippen molar-refractivity contribution in [3.05, 3.63) is 35.4 Å². The maximum Gasteiger partial charge on any atom is 0.253 e. The SMILES string of the molecule is CCN(CCF)C(=O)c1cccc(C)c1. The van der Waals surface area contributed by atoms with Crippen LogP contribution >= 0.6 is 0 Å². The number of hydrogen-bond donors (Lipinski definition) is 0. The fraction of sp³-hybridized carbons (Fsp3) is 0.417. The van der Waals surface area contributed by atoms with E-state index in [2.05, 4.69) is 0 Å². The van der Waals surface area contributed by atoms with Crippen molar-refractivity contribution in [2.24, 2.45) is 0 Å². The van der Waals surface area contributed by atoms with Crippen LogP contribution in [0.25, 0.3) is 0 Å². The van der Waals surface area contributed by atoms with Crippen LogP contribution in [0.4, 0.5) is 4.39 Å². The Hall–Kier alpha value is -1.38. The first-order valence-corrected chi connectivity index (χ1v) is 5.11. The molecule has 15 heavy (non-hydrogen) atoms. The van der Waals surface area contributed by atoms with Gasteiger partial charge in [0.25, 0.3) is 5.91 Å². The van der Waals surface area contributed by atoms with Gasteiger partial charge in [-0.1, -0.05) is 17.7 Å². The fourth-order valence-electron chi connectivity index (χ4n) is 1.47. The predicted molar refractivity (Wildman–Crippen MR) is 58.7 cm³/mol. The average molecular weight is 209 g/mol. The molecule has 0 saturated heterocycles. The summed E-state index contributed by atoms with van der Waals surface area (Å²) in [4.78, 5) is 13.4. The van der Waals surface area contributed by atoms with Gasteiger partial charge in [-0.2, -0.15) is 0 Å². The second-order valence-electron chi connectivity index (χ2n) is 3.44. The largest absolute Gasteiger partial charge is 0.336 e. The van der Waals surface area contributed by atoms with E-state index in [0.717, 1.165) is 5.56 Å². The van der Waals surface area contributed by atoms with Gasteiger partial charge in [-0.25, -0.2) is 4.39 Å². The lowest BCUT2D eigenvalue weighted by Crippen LogP contribution is -2.32. The second kappa shape index (κ2) is 5.49. The summed E-state index contributed by atoms with van der Waals surface area (Å²) in [6.07, 6.45) is 0. The highest BCUT2D eigenvalue weighted by atomic mass is 19.1. The van der Waals surface area contributed by atoms with Crippen molar-refractivity contribution in [2.75, 3.05) is 19.8 Å². The van der Waals surface area contributed by atoms with Gasteiger partial charge in [0.05, 0.1) is 0 Å². The lowest BCUT2D eigenvalue weighted by Gasteiger charge is -2.19. The van der Waals surface area contributed by atoms with E-state index in [1.165, 1.54) is 4.90 Å². The van der Waals surface area contributed by atoms with Crippen LogP contribution < -0.4 is 0 Å². The van der Waals surface area contributed by atoms with Gasteiger partial charge in [-0.05, 0) is 26.0 Å². The predicted octanol–water partition coefficient (Wildman–Crippen LogP) is 2.43. The topological polar surface area (TPSA) is 20.3 Å². The highest BCUT2D eigenvalue weighted by molar-refractivity contribution is 5.94. The molecule has 0 aliphatic carbocycles. The molecule has 1 amide bonds. The summed E-state index contributed by atoms with van der Waals surface area (Å²) >= 11 is 0. The van der Waals surface area contributed by atoms with Crippen LogP contribution in [0.15, 0.2) is 24.3 Å². The molecule has 0 atom stereocenters. The van der Waals surface area contributed by atoms with E-state index < -0.39 is 6.67 Å². The Labute approximate surface area is 89.7 Å². The zero-order chi connectivity index (χ0) is 11.3. The van der Waals surface area contributed by atoms with Gasteiger partial charge >= 0.3 is 0 Å². The summed E-state index contributed by atoms with van der Waals surface area (Å²) in [7, 11) is 0. The monoisotopic (exact) mass is 209 g/mol. The van der Waals surface area contributed by atoms with Gasteiger partial charge < -0.3 is 4.90 Å². The van der Waals surface area contributed by atoms with Crippen LogP contribution in [0.3, 0.4) is 0 Å². The third kappa shape index (κ3) is 3.05. The number of carbonyl (C=O) groups excluding carboxylic acids is 1. The smallest absolute Gasteiger partial charge is 0.253 e. The van der Waals surface area contributed by atoms with Crippen molar-refractivity contribution in [3.8, 4) is 0 Å². The van der Waals surface area contributed by atoms with Crippen LogP contribution in [-0.2, 0) is 0 Å². The quantitative estimate of drug-likeness (QED) is 0.745. The first kappa shape index (κ1) is 11.7. The summed E-state index contributed by atoms with van der Waals surface area (Å²) in [6.45, 7) is 4.00. The van der Waals surface area contributed by atoms with Crippen LogP contribution in [0.2, 0.25) is 0 Å². The Morgan fingerprint density at radius 1 is 1.47 bits per heavy atom. The molecular formula is C12H16FNO. The Kier molecular flexibility index (Phi) is 4.28. The minimum Gasteiger partial charge on any atom is -0.336 e. The van der Waals surface area contributed by atoms with Gasteiger partial charge in [0, 0.05) is 18.7 Å². The number of aryl methyl sites for hydroxylation is 1. The molecule has 0 aliphatic heterocycles. The van der Waals surface area contributed by atoms with Crippen LogP contribution in [0.5, 0.6) is 0 Å². The molecule has 0 bridgehead atoms. The number of rotatable bonds is 4. The zero-order valence-corrected chi connectivity index (χ0v) is 9.16. The molecular weight excluding hydrogens is 193 g/mol. The van der Waals surface area contributed by atoms with E-state index in [4.69, 9.17) is 0 Å². The van der Waals surface area contributed by atoms with Crippen molar-refractivity contribution >= 4 is 5.91 Å². The maximum absolute atomic E-state index is 12.2. The number of alkyl halides is 1. The van der Waals surface area contributed by atoms with Crippen molar-refractivity contribution in [1.29, 1.82) is 0 Å². The van der Waals surface area contributed by atoms with E-state index in [-0.39, 0.29) is 12.5 Å². The highest BCUT2D eigenvalue weighted by Crippen LogP contribution is 2.07. The number of halogens is 1. The van der Waals surface area contributed by atoms with Crippen molar-refractivity contribution in [1.82, 2.24) is 4.90 Å². The summed E-state index contributed by atoms with van der Waals surface area (Å²) < 4.78 is 12.2. The van der Waals surface area contributed by atoms with Gasteiger partial charge in [0.15, 0.2) is 0 Å². The first-order valence-electron chi connectivity index (χ1n) is 5.11. The number of nitrogens with zero attached hydrogens (tertiary/aromatic N) is 1. The summed E-state index contributed by atoms with van der Waals surface area (Å²) in [6, 6.07) is 7.35. The molecule has 0 N–H and O–H groups in total. The average Bonchev–Trinajstić information content (AvgIpc) is 2.25. The normalized spacial score (nSPS) is 10.1. The Bertz CT molecular complexity index is 338. The number of hydrogen-bond acceptors (Lipinski definition) is 1. The molecule has 1 rings (SSSR count). The molecule has 1 aromatic rings. The van der Waals surface area contributed by atoms with E-state index in [0.29, 0.717) is 12.1 Å². The van der Waals surface area contributed by atoms with Crippen molar-refractivity contribution in [2.45, 2.75) is 13.8 Å². The van der Waals surface area contributed by atoms with E-state index in [1.807, 2.05) is 32.0 Å². The van der Waals surface area contributed by atoms with Crippen LogP contribution in [-0.4, -0.2) is 30.6 Å². The molecule has 0 aliphatic rings. The Morgan fingerprint density at radius 2 is 2.20 bits per heavy atom. The zero-order valence-electron chi connectivity index (χ0n) is 9.16. The third-order valence-corrected chi connectivity index (χ3v) is 2.29. The molecule has 0 unspecified atom stereocenters. The van der Waals surface area contributed by atoms with Gasteiger partial charge in [0.1, 0.15) is 6.67 Å². The molecule has 0 radical (unpaired) electrons. The molecule has 82 valence electrons. The second-order valence-corrected chi connectivity index (χ2v) is 3.44. The van der Waals surface area contributed by atoms with Gasteiger partial charge in [-0.3, -0.25) is 4.79 Å². The molecule has 0 spiro atoms. The fourth-order valence-corrected chi connectivity index (χ4v) is 1.47.